The first-order valence-electron chi connectivity index (χ1n) is 5.35. The van der Waals surface area contributed by atoms with E-state index in [9.17, 15) is 4.79 Å². The molecule has 0 saturated carbocycles. The monoisotopic (exact) mass is 238 g/mol. The van der Waals surface area contributed by atoms with E-state index < -0.39 is 12.0 Å². The molecular formula is C12H18N2O3. The summed E-state index contributed by atoms with van der Waals surface area (Å²) < 4.78 is 5.44. The Hall–Kier alpha value is -1.75. The number of hydrogen-bond acceptors (Lipinski definition) is 4. The lowest BCUT2D eigenvalue weighted by molar-refractivity contribution is -0.140. The van der Waals surface area contributed by atoms with Gasteiger partial charge >= 0.3 is 5.97 Å². The molecule has 0 aliphatic carbocycles. The molecule has 0 aromatic heterocycles. The third-order valence-corrected chi connectivity index (χ3v) is 2.40. The van der Waals surface area contributed by atoms with Crippen LogP contribution in [-0.2, 0) is 4.79 Å². The topological polar surface area (TPSA) is 61.8 Å². The van der Waals surface area contributed by atoms with Crippen molar-refractivity contribution in [1.29, 1.82) is 0 Å². The van der Waals surface area contributed by atoms with Crippen LogP contribution < -0.4 is 15.0 Å². The van der Waals surface area contributed by atoms with E-state index >= 15 is 0 Å². The quantitative estimate of drug-likeness (QED) is 0.767. The molecule has 0 bridgehead atoms. The number of ether oxygens (including phenoxy) is 1. The second-order valence-corrected chi connectivity index (χ2v) is 3.88. The molecule has 17 heavy (non-hydrogen) atoms. The predicted octanol–water partition coefficient (Wildman–Crippen LogP) is 0.804. The van der Waals surface area contributed by atoms with Crippen LogP contribution in [0.3, 0.4) is 0 Å². The van der Waals surface area contributed by atoms with Crippen LogP contribution in [0.2, 0.25) is 0 Å². The number of hydrogen-bond donors (Lipinski definition) is 2. The Balaban J connectivity index is 2.62. The fraction of sp³-hybridized carbons (Fsp3) is 0.417. The summed E-state index contributed by atoms with van der Waals surface area (Å²) in [4.78, 5) is 12.7. The average Bonchev–Trinajstić information content (AvgIpc) is 2.29. The maximum atomic E-state index is 10.8. The van der Waals surface area contributed by atoms with E-state index in [1.165, 1.54) is 0 Å². The highest BCUT2D eigenvalue weighted by atomic mass is 16.5. The van der Waals surface area contributed by atoms with Crippen LogP contribution in [-0.4, -0.2) is 44.9 Å². The molecule has 5 nitrogen and oxygen atoms in total. The largest absolute Gasteiger partial charge is 0.491 e. The summed E-state index contributed by atoms with van der Waals surface area (Å²) in [6.07, 6.45) is 0. The van der Waals surface area contributed by atoms with Crippen molar-refractivity contribution in [3.63, 3.8) is 0 Å². The summed E-state index contributed by atoms with van der Waals surface area (Å²) in [7, 11) is 5.47. The SMILES string of the molecule is CNC(COc1cccc(N(C)C)c1)C(=O)O. The summed E-state index contributed by atoms with van der Waals surface area (Å²) in [5.74, 6) is -0.256. The van der Waals surface area contributed by atoms with Gasteiger partial charge in [0.15, 0.2) is 0 Å². The average molecular weight is 238 g/mol. The zero-order valence-corrected chi connectivity index (χ0v) is 10.3. The van der Waals surface area contributed by atoms with Gasteiger partial charge in [-0.1, -0.05) is 6.07 Å². The minimum atomic E-state index is -0.920. The Morgan fingerprint density at radius 3 is 2.76 bits per heavy atom. The van der Waals surface area contributed by atoms with E-state index in [2.05, 4.69) is 5.32 Å². The number of nitrogens with one attached hydrogen (secondary N) is 1. The smallest absolute Gasteiger partial charge is 0.324 e. The maximum Gasteiger partial charge on any atom is 0.324 e. The highest BCUT2D eigenvalue weighted by molar-refractivity contribution is 5.73. The van der Waals surface area contributed by atoms with Crippen molar-refractivity contribution in [2.24, 2.45) is 0 Å². The number of carboxylic acids is 1. The van der Waals surface area contributed by atoms with Crippen LogP contribution in [0.5, 0.6) is 5.75 Å². The van der Waals surface area contributed by atoms with E-state index in [4.69, 9.17) is 9.84 Å². The molecule has 1 rings (SSSR count). The van der Waals surface area contributed by atoms with E-state index in [0.717, 1.165) is 5.69 Å². The minimum absolute atomic E-state index is 0.0999. The van der Waals surface area contributed by atoms with E-state index in [-0.39, 0.29) is 6.61 Å². The zero-order valence-electron chi connectivity index (χ0n) is 10.3. The number of carboxylic acid groups (broad SMARTS) is 1. The molecular weight excluding hydrogens is 220 g/mol. The van der Waals surface area contributed by atoms with E-state index in [0.29, 0.717) is 5.75 Å². The van der Waals surface area contributed by atoms with Gasteiger partial charge in [0.05, 0.1) is 0 Å². The molecule has 1 unspecified atom stereocenters. The summed E-state index contributed by atoms with van der Waals surface area (Å²) in [6, 6.07) is 6.81. The fourth-order valence-corrected chi connectivity index (χ4v) is 1.31. The fourth-order valence-electron chi connectivity index (χ4n) is 1.31. The van der Waals surface area contributed by atoms with Crippen LogP contribution in [0.15, 0.2) is 24.3 Å². The van der Waals surface area contributed by atoms with Gasteiger partial charge in [-0.3, -0.25) is 4.79 Å². The Kier molecular flexibility index (Phi) is 4.78. The van der Waals surface area contributed by atoms with Crippen molar-refractivity contribution in [2.45, 2.75) is 6.04 Å². The number of carbonyl (C=O) groups is 1. The first-order valence-corrected chi connectivity index (χ1v) is 5.35. The first-order chi connectivity index (χ1) is 8.04. The lowest BCUT2D eigenvalue weighted by atomic mass is 10.3. The molecule has 1 aromatic rings. The molecule has 0 fully saturated rings. The second kappa shape index (κ2) is 6.10. The third-order valence-electron chi connectivity index (χ3n) is 2.40. The number of anilines is 1. The highest BCUT2D eigenvalue weighted by Gasteiger charge is 2.15. The number of benzene rings is 1. The van der Waals surface area contributed by atoms with Crippen molar-refractivity contribution in [3.8, 4) is 5.75 Å². The van der Waals surface area contributed by atoms with Gasteiger partial charge in [0.1, 0.15) is 18.4 Å². The van der Waals surface area contributed by atoms with Crippen LogP contribution in [0.1, 0.15) is 0 Å². The molecule has 0 saturated heterocycles. The molecule has 0 aliphatic heterocycles. The van der Waals surface area contributed by atoms with Gasteiger partial charge in [-0.05, 0) is 19.2 Å². The molecule has 0 heterocycles. The zero-order chi connectivity index (χ0) is 12.8. The molecule has 0 aliphatic rings. The number of rotatable bonds is 6. The van der Waals surface area contributed by atoms with Crippen LogP contribution in [0, 0.1) is 0 Å². The highest BCUT2D eigenvalue weighted by Crippen LogP contribution is 2.19. The van der Waals surface area contributed by atoms with Gasteiger partial charge in [-0.25, -0.2) is 0 Å². The molecule has 1 aromatic carbocycles. The summed E-state index contributed by atoms with van der Waals surface area (Å²) in [5.41, 5.74) is 1.01. The normalized spacial score (nSPS) is 11.9. The molecule has 0 amide bonds. The van der Waals surface area contributed by atoms with Crippen molar-refractivity contribution in [2.75, 3.05) is 32.6 Å². The van der Waals surface area contributed by atoms with Crippen molar-refractivity contribution >= 4 is 11.7 Å². The Bertz CT molecular complexity index is 380. The molecule has 5 heteroatoms. The van der Waals surface area contributed by atoms with Crippen LogP contribution >= 0.6 is 0 Å². The summed E-state index contributed by atoms with van der Waals surface area (Å²) in [6.45, 7) is 0.0999. The third kappa shape index (κ3) is 3.96. The standard InChI is InChI=1S/C12H18N2O3/c1-13-11(12(15)16)8-17-10-6-4-5-9(7-10)14(2)3/h4-7,11,13H,8H2,1-3H3,(H,15,16). The van der Waals surface area contributed by atoms with Crippen molar-refractivity contribution in [3.05, 3.63) is 24.3 Å². The first kappa shape index (κ1) is 13.3. The number of likely N-dealkylation sites (N-methyl/N-ethyl adjacent to an activating group) is 1. The van der Waals surface area contributed by atoms with Gasteiger partial charge in [-0.2, -0.15) is 0 Å². The van der Waals surface area contributed by atoms with Gasteiger partial charge in [0, 0.05) is 25.8 Å². The van der Waals surface area contributed by atoms with E-state index in [1.54, 1.807) is 7.05 Å². The Morgan fingerprint density at radius 1 is 1.53 bits per heavy atom. The minimum Gasteiger partial charge on any atom is -0.491 e. The molecule has 1 atom stereocenters. The van der Waals surface area contributed by atoms with Gasteiger partial charge in [-0.15, -0.1) is 0 Å². The second-order valence-electron chi connectivity index (χ2n) is 3.88. The summed E-state index contributed by atoms with van der Waals surface area (Å²) >= 11 is 0. The van der Waals surface area contributed by atoms with Crippen LogP contribution in [0.25, 0.3) is 0 Å². The lowest BCUT2D eigenvalue weighted by Gasteiger charge is -2.16. The van der Waals surface area contributed by atoms with Crippen LogP contribution in [0.4, 0.5) is 5.69 Å². The van der Waals surface area contributed by atoms with Crippen molar-refractivity contribution < 1.29 is 14.6 Å². The van der Waals surface area contributed by atoms with Gasteiger partial charge in [0.2, 0.25) is 0 Å². The number of aliphatic carboxylic acids is 1. The molecule has 0 spiro atoms. The molecule has 94 valence electrons. The van der Waals surface area contributed by atoms with Gasteiger partial charge in [0.25, 0.3) is 0 Å². The van der Waals surface area contributed by atoms with Crippen molar-refractivity contribution in [1.82, 2.24) is 5.32 Å². The Labute approximate surface area is 101 Å². The predicted molar refractivity (Wildman–Crippen MR) is 66.7 cm³/mol. The number of nitrogens with zero attached hydrogens (tertiary/aromatic N) is 1. The molecule has 0 radical (unpaired) electrons. The Morgan fingerprint density at radius 2 is 2.24 bits per heavy atom. The lowest BCUT2D eigenvalue weighted by Crippen LogP contribution is -2.39. The molecule has 2 N–H and O–H groups in total. The maximum absolute atomic E-state index is 10.8. The van der Waals surface area contributed by atoms with E-state index in [1.807, 2.05) is 43.3 Å². The van der Waals surface area contributed by atoms with Gasteiger partial charge < -0.3 is 20.1 Å². The summed E-state index contributed by atoms with van der Waals surface area (Å²) in [5, 5.41) is 11.5.